The quantitative estimate of drug-likeness (QED) is 0.252. The van der Waals surface area contributed by atoms with Crippen LogP contribution in [0, 0.1) is 13.8 Å². The molecule has 6 rings (SSSR count). The van der Waals surface area contributed by atoms with E-state index in [4.69, 9.17) is 0 Å². The zero-order valence-corrected chi connectivity index (χ0v) is 19.8. The smallest absolute Gasteiger partial charge is 0.225 e. The molecule has 0 saturated heterocycles. The van der Waals surface area contributed by atoms with Gasteiger partial charge in [-0.1, -0.05) is 84.4 Å². The van der Waals surface area contributed by atoms with Crippen LogP contribution in [0.5, 0.6) is 0 Å². The van der Waals surface area contributed by atoms with Gasteiger partial charge >= 0.3 is 0 Å². The minimum Gasteiger partial charge on any atom is -0.225 e. The third-order valence-corrected chi connectivity index (χ3v) is 6.86. The van der Waals surface area contributed by atoms with Gasteiger partial charge in [-0.25, -0.2) is 4.57 Å². The lowest BCUT2D eigenvalue weighted by molar-refractivity contribution is -0.633. The average Bonchev–Trinajstić information content (AvgIpc) is 3.17. The molecule has 1 aromatic heterocycles. The Morgan fingerprint density at radius 3 is 2.26 bits per heavy atom. The second-order valence-corrected chi connectivity index (χ2v) is 9.10. The highest BCUT2D eigenvalue weighted by Gasteiger charge is 2.28. The first-order valence-corrected chi connectivity index (χ1v) is 11.8. The van der Waals surface area contributed by atoms with E-state index in [1.807, 2.05) is 0 Å². The predicted octanol–water partition coefficient (Wildman–Crippen LogP) is 7.56. The summed E-state index contributed by atoms with van der Waals surface area (Å²) in [6.07, 6.45) is 0. The monoisotopic (exact) mass is 439 g/mol. The molecule has 0 aliphatic rings. The molecule has 0 unspecified atom stereocenters. The highest BCUT2D eigenvalue weighted by atomic mass is 15.2. The maximum atomic E-state index is 2.45. The highest BCUT2D eigenvalue weighted by Crippen LogP contribution is 2.34. The molecular formula is C32H27N2+. The fourth-order valence-electron chi connectivity index (χ4n) is 5.10. The van der Waals surface area contributed by atoms with Gasteiger partial charge in [-0.15, -0.1) is 0 Å². The second kappa shape index (κ2) is 8.00. The largest absolute Gasteiger partial charge is 0.295 e. The Morgan fingerprint density at radius 2 is 1.41 bits per heavy atom. The lowest BCUT2D eigenvalue weighted by Crippen LogP contribution is -2.30. The second-order valence-electron chi connectivity index (χ2n) is 9.10. The van der Waals surface area contributed by atoms with Crippen molar-refractivity contribution in [2.24, 2.45) is 7.05 Å². The molecule has 0 aliphatic carbocycles. The van der Waals surface area contributed by atoms with Crippen LogP contribution in [0.4, 0.5) is 0 Å². The van der Waals surface area contributed by atoms with Crippen LogP contribution < -0.4 is 4.57 Å². The van der Waals surface area contributed by atoms with E-state index in [1.54, 1.807) is 0 Å². The molecule has 1 heterocycles. The third kappa shape index (κ3) is 3.22. The minimum absolute atomic E-state index is 1.19. The summed E-state index contributed by atoms with van der Waals surface area (Å²) in [6.45, 7) is 4.37. The van der Waals surface area contributed by atoms with Gasteiger partial charge in [0.15, 0.2) is 11.0 Å². The topological polar surface area (TPSA) is 8.81 Å². The Labute approximate surface area is 200 Å². The van der Waals surface area contributed by atoms with Crippen LogP contribution >= 0.6 is 0 Å². The maximum absolute atomic E-state index is 2.45. The van der Waals surface area contributed by atoms with E-state index in [2.05, 4.69) is 139 Å². The number of hydrogen-bond acceptors (Lipinski definition) is 0. The number of aryl methyl sites for hydroxylation is 3. The number of hydrogen-bond donors (Lipinski definition) is 0. The molecule has 0 aliphatic heterocycles. The van der Waals surface area contributed by atoms with E-state index in [9.17, 15) is 0 Å². The Balaban J connectivity index is 1.77. The Kier molecular flexibility index (Phi) is 4.81. The van der Waals surface area contributed by atoms with Gasteiger partial charge in [0.25, 0.3) is 5.82 Å². The van der Waals surface area contributed by atoms with Gasteiger partial charge in [0.05, 0.1) is 12.6 Å². The molecular weight excluding hydrogens is 412 g/mol. The van der Waals surface area contributed by atoms with Crippen molar-refractivity contribution < 1.29 is 4.57 Å². The van der Waals surface area contributed by atoms with Gasteiger partial charge in [0, 0.05) is 5.39 Å². The van der Waals surface area contributed by atoms with Crippen LogP contribution in [0.3, 0.4) is 0 Å². The summed E-state index contributed by atoms with van der Waals surface area (Å²) in [5, 5.41) is 2.50. The summed E-state index contributed by atoms with van der Waals surface area (Å²) in [5.74, 6) is 1.19. The molecule has 6 aromatic rings. The van der Waals surface area contributed by atoms with E-state index >= 15 is 0 Å². The number of rotatable bonds is 3. The number of aromatic nitrogens is 2. The first-order chi connectivity index (χ1) is 16.6. The van der Waals surface area contributed by atoms with Crippen LogP contribution in [-0.2, 0) is 7.05 Å². The Hall–Kier alpha value is -4.17. The summed E-state index contributed by atoms with van der Waals surface area (Å²) in [4.78, 5) is 0. The van der Waals surface area contributed by atoms with E-state index < -0.39 is 0 Å². The van der Waals surface area contributed by atoms with Crippen LogP contribution in [0.25, 0.3) is 50.0 Å². The van der Waals surface area contributed by atoms with Gasteiger partial charge in [0.2, 0.25) is 0 Å². The number of benzene rings is 5. The molecule has 0 spiro atoms. The molecule has 2 heteroatoms. The number of nitrogens with zero attached hydrogens (tertiary/aromatic N) is 2. The molecule has 0 amide bonds. The zero-order chi connectivity index (χ0) is 23.2. The zero-order valence-electron chi connectivity index (χ0n) is 19.8. The minimum atomic E-state index is 1.19. The van der Waals surface area contributed by atoms with E-state index in [0.717, 1.165) is 0 Å². The number of imidazole rings is 1. The van der Waals surface area contributed by atoms with Gasteiger partial charge in [-0.05, 0) is 66.3 Å². The standard InChI is InChI=1S/C32H27N2/c1-22-16-17-23(2)28(20-22)32-33(3)30-19-18-26(24-10-5-4-6-11-24)21-31(30)34(32)29-15-9-13-25-12-7-8-14-27(25)29/h4-21H,1-3H3/q+1. The third-order valence-electron chi connectivity index (χ3n) is 6.86. The molecule has 2 nitrogen and oxygen atoms in total. The fourth-order valence-corrected chi connectivity index (χ4v) is 5.10. The Morgan fingerprint density at radius 1 is 0.647 bits per heavy atom. The van der Waals surface area contributed by atoms with Crippen molar-refractivity contribution in [3.63, 3.8) is 0 Å². The lowest BCUT2D eigenvalue weighted by atomic mass is 10.0. The molecule has 0 radical (unpaired) electrons. The first-order valence-electron chi connectivity index (χ1n) is 11.8. The molecule has 0 fully saturated rings. The molecule has 164 valence electrons. The van der Waals surface area contributed by atoms with Crippen LogP contribution in [0.2, 0.25) is 0 Å². The van der Waals surface area contributed by atoms with Gasteiger partial charge < -0.3 is 0 Å². The SMILES string of the molecule is Cc1ccc(C)c(-c2n(-c3cccc4ccccc34)c3cc(-c4ccccc4)ccc3[n+]2C)c1. The average molecular weight is 440 g/mol. The summed E-state index contributed by atoms with van der Waals surface area (Å²) >= 11 is 0. The number of fused-ring (bicyclic) bond motifs is 2. The summed E-state index contributed by atoms with van der Waals surface area (Å²) in [7, 11) is 2.18. The van der Waals surface area contributed by atoms with Gasteiger partial charge in [-0.3, -0.25) is 0 Å². The van der Waals surface area contributed by atoms with Crippen molar-refractivity contribution in [1.82, 2.24) is 4.57 Å². The van der Waals surface area contributed by atoms with Gasteiger partial charge in [0.1, 0.15) is 5.69 Å². The summed E-state index contributed by atoms with van der Waals surface area (Å²) in [6, 6.07) is 39.4. The van der Waals surface area contributed by atoms with Crippen molar-refractivity contribution in [2.75, 3.05) is 0 Å². The van der Waals surface area contributed by atoms with Crippen molar-refractivity contribution in [3.05, 3.63) is 120 Å². The molecule has 34 heavy (non-hydrogen) atoms. The van der Waals surface area contributed by atoms with Gasteiger partial charge in [-0.2, -0.15) is 4.57 Å². The molecule has 0 N–H and O–H groups in total. The molecule has 0 saturated carbocycles. The predicted molar refractivity (Wildman–Crippen MR) is 142 cm³/mol. The van der Waals surface area contributed by atoms with Crippen LogP contribution in [-0.4, -0.2) is 4.57 Å². The van der Waals surface area contributed by atoms with Crippen molar-refractivity contribution in [1.29, 1.82) is 0 Å². The fraction of sp³-hybridized carbons (Fsp3) is 0.0938. The summed E-state index contributed by atoms with van der Waals surface area (Å²) in [5.41, 5.74) is 9.86. The van der Waals surface area contributed by atoms with Crippen LogP contribution in [0.15, 0.2) is 109 Å². The van der Waals surface area contributed by atoms with E-state index in [0.29, 0.717) is 0 Å². The van der Waals surface area contributed by atoms with E-state index in [-0.39, 0.29) is 0 Å². The van der Waals surface area contributed by atoms with Crippen molar-refractivity contribution in [3.8, 4) is 28.2 Å². The molecule has 0 bridgehead atoms. The van der Waals surface area contributed by atoms with Crippen molar-refractivity contribution >= 4 is 21.8 Å². The lowest BCUT2D eigenvalue weighted by Gasteiger charge is -2.10. The highest BCUT2D eigenvalue weighted by molar-refractivity contribution is 5.94. The van der Waals surface area contributed by atoms with E-state index in [1.165, 1.54) is 61.1 Å². The molecule has 5 aromatic carbocycles. The summed E-state index contributed by atoms with van der Waals surface area (Å²) < 4.78 is 4.79. The first kappa shape index (κ1) is 20.4. The van der Waals surface area contributed by atoms with Crippen molar-refractivity contribution in [2.45, 2.75) is 13.8 Å². The maximum Gasteiger partial charge on any atom is 0.295 e. The molecule has 0 atom stereocenters. The normalized spacial score (nSPS) is 11.4. The van der Waals surface area contributed by atoms with Crippen LogP contribution in [0.1, 0.15) is 11.1 Å². The Bertz CT molecular complexity index is 1670.